The predicted octanol–water partition coefficient (Wildman–Crippen LogP) is 3.00. The maximum absolute atomic E-state index is 4.24. The predicted molar refractivity (Wildman–Crippen MR) is 60.2 cm³/mol. The molecule has 1 aromatic heterocycles. The largest absolute Gasteiger partial charge is 0.268 e. The van der Waals surface area contributed by atoms with E-state index in [-0.39, 0.29) is 0 Å². The lowest BCUT2D eigenvalue weighted by Gasteiger charge is -2.01. The molecule has 0 amide bonds. The minimum Gasteiger partial charge on any atom is -0.268 e. The normalized spacial score (nSPS) is 10.4. The minimum absolute atomic E-state index is 0.827. The minimum atomic E-state index is 0.827. The van der Waals surface area contributed by atoms with E-state index in [0.29, 0.717) is 0 Å². The fourth-order valence-corrected chi connectivity index (χ4v) is 1.82. The van der Waals surface area contributed by atoms with Gasteiger partial charge in [0.1, 0.15) is 0 Å². The number of hydrogen-bond donors (Lipinski definition) is 0. The van der Waals surface area contributed by atoms with Gasteiger partial charge in [0.2, 0.25) is 0 Å². The van der Waals surface area contributed by atoms with E-state index in [9.17, 15) is 0 Å². The topological polar surface area (TPSA) is 17.8 Å². The molecule has 0 atom stereocenters. The van der Waals surface area contributed by atoms with Crippen molar-refractivity contribution < 1.29 is 0 Å². The third kappa shape index (κ3) is 2.23. The molecule has 0 saturated heterocycles. The van der Waals surface area contributed by atoms with Gasteiger partial charge in [0, 0.05) is 10.7 Å². The highest BCUT2D eigenvalue weighted by molar-refractivity contribution is 9.10. The van der Waals surface area contributed by atoms with Gasteiger partial charge in [-0.15, -0.1) is 0 Å². The van der Waals surface area contributed by atoms with Gasteiger partial charge in [0.05, 0.1) is 12.7 Å². The van der Waals surface area contributed by atoms with Crippen LogP contribution in [0.5, 0.6) is 0 Å². The summed E-state index contributed by atoms with van der Waals surface area (Å²) in [5, 5.41) is 4.24. The van der Waals surface area contributed by atoms with Crippen LogP contribution in [-0.4, -0.2) is 9.78 Å². The number of aromatic nitrogens is 2. The number of aryl methyl sites for hydroxylation is 1. The van der Waals surface area contributed by atoms with Gasteiger partial charge in [0.25, 0.3) is 0 Å². The van der Waals surface area contributed by atoms with Crippen LogP contribution in [-0.2, 0) is 6.54 Å². The van der Waals surface area contributed by atoms with Gasteiger partial charge in [-0.25, -0.2) is 0 Å². The number of nitrogens with zero attached hydrogens (tertiary/aromatic N) is 2. The van der Waals surface area contributed by atoms with Gasteiger partial charge < -0.3 is 0 Å². The highest BCUT2D eigenvalue weighted by Crippen LogP contribution is 2.12. The van der Waals surface area contributed by atoms with Crippen molar-refractivity contribution >= 4 is 15.9 Å². The van der Waals surface area contributed by atoms with Crippen molar-refractivity contribution in [3.63, 3.8) is 0 Å². The summed E-state index contributed by atoms with van der Waals surface area (Å²) in [6, 6.07) is 8.27. The van der Waals surface area contributed by atoms with Crippen LogP contribution in [0.4, 0.5) is 0 Å². The summed E-state index contributed by atoms with van der Waals surface area (Å²) < 4.78 is 3.05. The molecule has 0 aliphatic heterocycles. The van der Waals surface area contributed by atoms with E-state index < -0.39 is 0 Å². The summed E-state index contributed by atoms with van der Waals surface area (Å²) in [5.41, 5.74) is 2.45. The van der Waals surface area contributed by atoms with Crippen molar-refractivity contribution in [3.8, 4) is 0 Å². The lowest BCUT2D eigenvalue weighted by Crippen LogP contribution is -1.99. The summed E-state index contributed by atoms with van der Waals surface area (Å²) >= 11 is 3.45. The third-order valence-electron chi connectivity index (χ3n) is 2.00. The summed E-state index contributed by atoms with van der Waals surface area (Å²) in [6.07, 6.45) is 3.92. The molecule has 0 N–H and O–H groups in total. The van der Waals surface area contributed by atoms with Crippen LogP contribution in [0.2, 0.25) is 0 Å². The molecule has 0 spiro atoms. The zero-order valence-corrected chi connectivity index (χ0v) is 9.53. The molecular formula is C11H11BrN2. The zero-order valence-electron chi connectivity index (χ0n) is 7.94. The Morgan fingerprint density at radius 2 is 2.29 bits per heavy atom. The Hall–Kier alpha value is -1.09. The van der Waals surface area contributed by atoms with E-state index in [1.807, 2.05) is 36.1 Å². The van der Waals surface area contributed by atoms with E-state index in [1.165, 1.54) is 11.1 Å². The first kappa shape index (κ1) is 9.46. The van der Waals surface area contributed by atoms with Gasteiger partial charge >= 0.3 is 0 Å². The second kappa shape index (κ2) is 3.96. The van der Waals surface area contributed by atoms with Gasteiger partial charge in [-0.2, -0.15) is 5.10 Å². The highest BCUT2D eigenvalue weighted by atomic mass is 79.9. The molecule has 3 heteroatoms. The molecule has 0 fully saturated rings. The molecule has 72 valence electrons. The van der Waals surface area contributed by atoms with Crippen LogP contribution in [0.15, 0.2) is 41.1 Å². The first-order valence-electron chi connectivity index (χ1n) is 4.47. The fourth-order valence-electron chi connectivity index (χ4n) is 1.38. The summed E-state index contributed by atoms with van der Waals surface area (Å²) in [7, 11) is 0. The Bertz CT molecular complexity index is 434. The molecule has 0 aliphatic carbocycles. The first-order chi connectivity index (χ1) is 6.74. The molecule has 0 unspecified atom stereocenters. The summed E-state index contributed by atoms with van der Waals surface area (Å²) in [4.78, 5) is 0. The molecule has 0 saturated carbocycles. The van der Waals surface area contributed by atoms with Crippen molar-refractivity contribution in [2.24, 2.45) is 0 Å². The molecule has 2 rings (SSSR count). The molecule has 14 heavy (non-hydrogen) atoms. The second-order valence-corrected chi connectivity index (χ2v) is 4.26. The average molecular weight is 251 g/mol. The van der Waals surface area contributed by atoms with Crippen molar-refractivity contribution in [2.75, 3.05) is 0 Å². The van der Waals surface area contributed by atoms with E-state index in [2.05, 4.69) is 33.2 Å². The Morgan fingerprint density at radius 3 is 2.93 bits per heavy atom. The van der Waals surface area contributed by atoms with E-state index in [0.717, 1.165) is 11.0 Å². The Labute approximate surface area is 91.7 Å². The summed E-state index contributed by atoms with van der Waals surface area (Å²) in [6.45, 7) is 2.87. The maximum atomic E-state index is 4.24. The number of rotatable bonds is 2. The molecule has 1 aromatic carbocycles. The molecule has 2 aromatic rings. The SMILES string of the molecule is Cc1cnn(Cc2cccc(Br)c2)c1. The Morgan fingerprint density at radius 1 is 1.43 bits per heavy atom. The standard InChI is InChI=1S/C11H11BrN2/c1-9-6-13-14(7-9)8-10-3-2-4-11(12)5-10/h2-7H,8H2,1H3. The van der Waals surface area contributed by atoms with Gasteiger partial charge in [-0.05, 0) is 30.2 Å². The lowest BCUT2D eigenvalue weighted by atomic mass is 10.2. The van der Waals surface area contributed by atoms with Crippen molar-refractivity contribution in [2.45, 2.75) is 13.5 Å². The second-order valence-electron chi connectivity index (χ2n) is 3.35. The molecule has 0 bridgehead atoms. The van der Waals surface area contributed by atoms with Crippen molar-refractivity contribution in [1.82, 2.24) is 9.78 Å². The molecule has 2 nitrogen and oxygen atoms in total. The lowest BCUT2D eigenvalue weighted by molar-refractivity contribution is 0.686. The number of halogens is 1. The smallest absolute Gasteiger partial charge is 0.0659 e. The average Bonchev–Trinajstić information content (AvgIpc) is 2.51. The molecule has 0 aliphatic rings. The molecule has 0 radical (unpaired) electrons. The van der Waals surface area contributed by atoms with Crippen LogP contribution in [0.25, 0.3) is 0 Å². The third-order valence-corrected chi connectivity index (χ3v) is 2.49. The fraction of sp³-hybridized carbons (Fsp3) is 0.182. The zero-order chi connectivity index (χ0) is 9.97. The van der Waals surface area contributed by atoms with E-state index in [4.69, 9.17) is 0 Å². The van der Waals surface area contributed by atoms with Crippen LogP contribution < -0.4 is 0 Å². The van der Waals surface area contributed by atoms with Crippen molar-refractivity contribution in [1.29, 1.82) is 0 Å². The molecule has 1 heterocycles. The van der Waals surface area contributed by atoms with Crippen molar-refractivity contribution in [3.05, 3.63) is 52.3 Å². The van der Waals surface area contributed by atoms with Crippen LogP contribution in [0, 0.1) is 6.92 Å². The first-order valence-corrected chi connectivity index (χ1v) is 5.27. The van der Waals surface area contributed by atoms with E-state index >= 15 is 0 Å². The summed E-state index contributed by atoms with van der Waals surface area (Å²) in [5.74, 6) is 0. The van der Waals surface area contributed by atoms with Gasteiger partial charge in [-0.3, -0.25) is 4.68 Å². The molecular weight excluding hydrogens is 240 g/mol. The Balaban J connectivity index is 2.18. The van der Waals surface area contributed by atoms with Gasteiger partial charge in [-0.1, -0.05) is 28.1 Å². The highest BCUT2D eigenvalue weighted by Gasteiger charge is 1.97. The Kier molecular flexibility index (Phi) is 2.68. The van der Waals surface area contributed by atoms with E-state index in [1.54, 1.807) is 0 Å². The maximum Gasteiger partial charge on any atom is 0.0659 e. The number of benzene rings is 1. The van der Waals surface area contributed by atoms with Crippen LogP contribution in [0.1, 0.15) is 11.1 Å². The van der Waals surface area contributed by atoms with Gasteiger partial charge in [0.15, 0.2) is 0 Å². The van der Waals surface area contributed by atoms with Crippen LogP contribution in [0.3, 0.4) is 0 Å². The number of hydrogen-bond acceptors (Lipinski definition) is 1. The quantitative estimate of drug-likeness (QED) is 0.802. The van der Waals surface area contributed by atoms with Crippen LogP contribution >= 0.6 is 15.9 Å². The monoisotopic (exact) mass is 250 g/mol.